The molecule has 0 unspecified atom stereocenters. The van der Waals surface area contributed by atoms with Gasteiger partial charge in [-0.1, -0.05) is 24.3 Å². The highest BCUT2D eigenvalue weighted by Gasteiger charge is 1.88. The van der Waals surface area contributed by atoms with Crippen LogP contribution in [0.2, 0.25) is 0 Å². The first-order valence-electron chi connectivity index (χ1n) is 3.23. The molecule has 0 fully saturated rings. The minimum Gasteiger partial charge on any atom is -0.380 e. The fourth-order valence-corrected chi connectivity index (χ4v) is 0.802. The summed E-state index contributed by atoms with van der Waals surface area (Å²) in [5.41, 5.74) is 2.23. The van der Waals surface area contributed by atoms with E-state index in [4.69, 9.17) is 4.74 Å². The average Bonchev–Trinajstić information content (AvgIpc) is 1.95. The van der Waals surface area contributed by atoms with E-state index in [1.807, 2.05) is 24.3 Å². The topological polar surface area (TPSA) is 9.23 Å². The van der Waals surface area contributed by atoms with Gasteiger partial charge in [0.25, 0.3) is 0 Å². The Morgan fingerprint density at radius 2 is 1.90 bits per heavy atom. The van der Waals surface area contributed by atoms with Crippen LogP contribution in [0.5, 0.6) is 0 Å². The van der Waals surface area contributed by atoms with Gasteiger partial charge in [0.2, 0.25) is 0 Å². The molecule has 0 saturated heterocycles. The zero-order chi connectivity index (χ0) is 7.40. The smallest absolute Gasteiger partial charge is 0.0713 e. The van der Waals surface area contributed by atoms with Crippen molar-refractivity contribution in [3.05, 3.63) is 42.3 Å². The van der Waals surface area contributed by atoms with Crippen LogP contribution in [0, 0.1) is 6.92 Å². The van der Waals surface area contributed by atoms with Gasteiger partial charge in [0, 0.05) is 7.11 Å². The molecule has 0 atom stereocenters. The highest BCUT2D eigenvalue weighted by molar-refractivity contribution is 5.23. The summed E-state index contributed by atoms with van der Waals surface area (Å²) in [5, 5.41) is 0. The van der Waals surface area contributed by atoms with Gasteiger partial charge >= 0.3 is 0 Å². The van der Waals surface area contributed by atoms with Crippen LogP contribution in [0.15, 0.2) is 24.3 Å². The number of rotatable bonds is 2. The molecule has 0 heterocycles. The Hall–Kier alpha value is -0.820. The van der Waals surface area contributed by atoms with Crippen LogP contribution in [-0.4, -0.2) is 7.11 Å². The van der Waals surface area contributed by atoms with Crippen molar-refractivity contribution in [1.29, 1.82) is 0 Å². The van der Waals surface area contributed by atoms with Crippen LogP contribution in [0.3, 0.4) is 0 Å². The molecule has 0 saturated carbocycles. The van der Waals surface area contributed by atoms with Crippen LogP contribution in [0.25, 0.3) is 0 Å². The Balaban J connectivity index is 2.69. The summed E-state index contributed by atoms with van der Waals surface area (Å²) in [6.45, 7) is 4.46. The third-order valence-electron chi connectivity index (χ3n) is 1.33. The summed E-state index contributed by atoms with van der Waals surface area (Å²) in [5.74, 6) is 0. The van der Waals surface area contributed by atoms with Crippen molar-refractivity contribution in [3.63, 3.8) is 0 Å². The number of methoxy groups -OCH3 is 1. The predicted octanol–water partition coefficient (Wildman–Crippen LogP) is 2.02. The molecule has 0 aromatic heterocycles. The highest BCUT2D eigenvalue weighted by Crippen LogP contribution is 2.03. The first-order chi connectivity index (χ1) is 4.83. The molecule has 0 amide bonds. The lowest BCUT2D eigenvalue weighted by atomic mass is 10.2. The Morgan fingerprint density at radius 3 is 2.40 bits per heavy atom. The molecule has 0 spiro atoms. The van der Waals surface area contributed by atoms with Gasteiger partial charge in [-0.15, -0.1) is 0 Å². The quantitative estimate of drug-likeness (QED) is 0.602. The molecule has 1 aromatic rings. The standard InChI is InChI=1S/C9H11O/c1-8-3-5-9(6-4-8)7-10-2/h3-6H,1,7H2,2H3. The van der Waals surface area contributed by atoms with E-state index in [1.165, 1.54) is 5.56 Å². The molecule has 53 valence electrons. The lowest BCUT2D eigenvalue weighted by Gasteiger charge is -1.98. The van der Waals surface area contributed by atoms with Crippen molar-refractivity contribution in [2.24, 2.45) is 0 Å². The highest BCUT2D eigenvalue weighted by atomic mass is 16.5. The van der Waals surface area contributed by atoms with Crippen molar-refractivity contribution in [3.8, 4) is 0 Å². The molecule has 0 aliphatic carbocycles. The van der Waals surface area contributed by atoms with Crippen molar-refractivity contribution >= 4 is 0 Å². The van der Waals surface area contributed by atoms with Gasteiger partial charge in [-0.3, -0.25) is 0 Å². The molecule has 0 N–H and O–H groups in total. The fraction of sp³-hybridized carbons (Fsp3) is 0.222. The number of hydrogen-bond acceptors (Lipinski definition) is 1. The lowest BCUT2D eigenvalue weighted by Crippen LogP contribution is -1.85. The molecular weight excluding hydrogens is 124 g/mol. The summed E-state index contributed by atoms with van der Waals surface area (Å²) >= 11 is 0. The van der Waals surface area contributed by atoms with Crippen molar-refractivity contribution < 1.29 is 4.74 Å². The Kier molecular flexibility index (Phi) is 2.46. The summed E-state index contributed by atoms with van der Waals surface area (Å²) in [7, 11) is 1.69. The maximum absolute atomic E-state index is 4.95. The summed E-state index contributed by atoms with van der Waals surface area (Å²) in [4.78, 5) is 0. The van der Waals surface area contributed by atoms with E-state index < -0.39 is 0 Å². The van der Waals surface area contributed by atoms with E-state index in [9.17, 15) is 0 Å². The van der Waals surface area contributed by atoms with Gasteiger partial charge in [-0.05, 0) is 18.1 Å². The van der Waals surface area contributed by atoms with E-state index >= 15 is 0 Å². The number of hydrogen-bond donors (Lipinski definition) is 0. The molecule has 0 aliphatic rings. The van der Waals surface area contributed by atoms with Crippen molar-refractivity contribution in [1.82, 2.24) is 0 Å². The van der Waals surface area contributed by atoms with Crippen LogP contribution < -0.4 is 0 Å². The monoisotopic (exact) mass is 135 g/mol. The molecule has 10 heavy (non-hydrogen) atoms. The van der Waals surface area contributed by atoms with E-state index in [1.54, 1.807) is 7.11 Å². The minimum atomic E-state index is 0.681. The summed E-state index contributed by atoms with van der Waals surface area (Å²) in [6, 6.07) is 8.00. The Labute approximate surface area is 61.6 Å². The van der Waals surface area contributed by atoms with E-state index in [-0.39, 0.29) is 0 Å². The van der Waals surface area contributed by atoms with Crippen LogP contribution in [0.1, 0.15) is 11.1 Å². The van der Waals surface area contributed by atoms with Gasteiger partial charge in [-0.25, -0.2) is 0 Å². The number of ether oxygens (including phenoxy) is 1. The molecule has 1 radical (unpaired) electrons. The Bertz CT molecular complexity index is 188. The Morgan fingerprint density at radius 1 is 1.30 bits per heavy atom. The predicted molar refractivity (Wildman–Crippen MR) is 41.6 cm³/mol. The molecule has 0 bridgehead atoms. The zero-order valence-electron chi connectivity index (χ0n) is 6.13. The SMILES string of the molecule is [CH2]c1ccc(COC)cc1. The second-order valence-electron chi connectivity index (χ2n) is 2.25. The average molecular weight is 135 g/mol. The maximum Gasteiger partial charge on any atom is 0.0713 e. The maximum atomic E-state index is 4.95. The van der Waals surface area contributed by atoms with E-state index in [0.717, 1.165) is 5.56 Å². The van der Waals surface area contributed by atoms with Gasteiger partial charge in [-0.2, -0.15) is 0 Å². The lowest BCUT2D eigenvalue weighted by molar-refractivity contribution is 0.185. The van der Waals surface area contributed by atoms with E-state index in [2.05, 4.69) is 6.92 Å². The molecular formula is C9H11O. The fourth-order valence-electron chi connectivity index (χ4n) is 0.802. The van der Waals surface area contributed by atoms with Crippen LogP contribution in [-0.2, 0) is 11.3 Å². The summed E-state index contributed by atoms with van der Waals surface area (Å²) < 4.78 is 4.95. The van der Waals surface area contributed by atoms with Gasteiger partial charge < -0.3 is 4.74 Å². The van der Waals surface area contributed by atoms with Crippen molar-refractivity contribution in [2.45, 2.75) is 6.61 Å². The van der Waals surface area contributed by atoms with Crippen molar-refractivity contribution in [2.75, 3.05) is 7.11 Å². The third-order valence-corrected chi connectivity index (χ3v) is 1.33. The third kappa shape index (κ3) is 1.85. The van der Waals surface area contributed by atoms with Gasteiger partial charge in [0.1, 0.15) is 0 Å². The normalized spacial score (nSPS) is 9.80. The molecule has 1 nitrogen and oxygen atoms in total. The van der Waals surface area contributed by atoms with Gasteiger partial charge in [0.15, 0.2) is 0 Å². The first-order valence-corrected chi connectivity index (χ1v) is 3.23. The second-order valence-corrected chi connectivity index (χ2v) is 2.25. The summed E-state index contributed by atoms with van der Waals surface area (Å²) in [6.07, 6.45) is 0. The van der Waals surface area contributed by atoms with Crippen LogP contribution in [0.4, 0.5) is 0 Å². The molecule has 0 aliphatic heterocycles. The number of benzene rings is 1. The second kappa shape index (κ2) is 3.37. The van der Waals surface area contributed by atoms with Crippen LogP contribution >= 0.6 is 0 Å². The molecule has 1 heteroatoms. The first kappa shape index (κ1) is 7.29. The van der Waals surface area contributed by atoms with E-state index in [0.29, 0.717) is 6.61 Å². The molecule has 1 rings (SSSR count). The minimum absolute atomic E-state index is 0.681. The largest absolute Gasteiger partial charge is 0.380 e. The molecule has 1 aromatic carbocycles. The zero-order valence-corrected chi connectivity index (χ0v) is 6.13. The van der Waals surface area contributed by atoms with Gasteiger partial charge in [0.05, 0.1) is 6.61 Å².